The molecule has 0 aromatic rings. The van der Waals surface area contributed by atoms with Crippen molar-refractivity contribution in [3.63, 3.8) is 0 Å². The van der Waals surface area contributed by atoms with E-state index in [0.717, 1.165) is 83.5 Å². The zero-order valence-electron chi connectivity index (χ0n) is 43.3. The number of quaternary nitrogens is 1. The van der Waals surface area contributed by atoms with E-state index in [2.05, 4.69) is 74.6 Å². The lowest BCUT2D eigenvalue weighted by Gasteiger charge is -2.26. The first-order chi connectivity index (χ1) is 32.1. The van der Waals surface area contributed by atoms with Gasteiger partial charge in [-0.3, -0.25) is 9.59 Å². The molecule has 0 radical (unpaired) electrons. The summed E-state index contributed by atoms with van der Waals surface area (Å²) in [7, 11) is 5.91. The molecule has 9 nitrogen and oxygen atoms in total. The van der Waals surface area contributed by atoms with Gasteiger partial charge in [-0.15, -0.1) is 0 Å². The van der Waals surface area contributed by atoms with Gasteiger partial charge in [-0.2, -0.15) is 0 Å². The minimum atomic E-state index is -1.63. The number of esters is 2. The summed E-state index contributed by atoms with van der Waals surface area (Å²) in [4.78, 5) is 37.2. The molecule has 0 fully saturated rings. The molecule has 0 aromatic carbocycles. The molecule has 0 aliphatic rings. The van der Waals surface area contributed by atoms with Crippen molar-refractivity contribution in [3.8, 4) is 0 Å². The zero-order valence-corrected chi connectivity index (χ0v) is 43.3. The Morgan fingerprint density at radius 2 is 0.818 bits per heavy atom. The zero-order chi connectivity index (χ0) is 48.4. The number of allylic oxidation sites excluding steroid dienone is 10. The molecule has 9 heteroatoms. The second-order valence-corrected chi connectivity index (χ2v) is 19.2. The normalized spacial score (nSPS) is 13.3. The van der Waals surface area contributed by atoms with Gasteiger partial charge in [-0.1, -0.05) is 190 Å². The Balaban J connectivity index is 4.32. The number of carbonyl (C=O) groups excluding carboxylic acids is 3. The van der Waals surface area contributed by atoms with E-state index in [-0.39, 0.29) is 38.6 Å². The topological polar surface area (TPSA) is 111 Å². The van der Waals surface area contributed by atoms with Crippen LogP contribution in [0.15, 0.2) is 60.8 Å². The van der Waals surface area contributed by atoms with Gasteiger partial charge in [0.05, 0.1) is 40.3 Å². The summed E-state index contributed by atoms with van der Waals surface area (Å²) in [5.41, 5.74) is 0. The summed E-state index contributed by atoms with van der Waals surface area (Å²) in [5.74, 6) is -2.31. The first kappa shape index (κ1) is 63.0. The molecule has 0 rings (SSSR count). The van der Waals surface area contributed by atoms with E-state index in [0.29, 0.717) is 17.4 Å². The van der Waals surface area contributed by atoms with Crippen molar-refractivity contribution in [2.75, 3.05) is 47.5 Å². The number of carbonyl (C=O) groups is 3. The first-order valence-electron chi connectivity index (χ1n) is 26.9. The summed E-state index contributed by atoms with van der Waals surface area (Å²) in [6, 6.07) is 0. The van der Waals surface area contributed by atoms with Crippen LogP contribution in [0.5, 0.6) is 0 Å². The van der Waals surface area contributed by atoms with E-state index in [9.17, 15) is 19.5 Å². The fourth-order valence-electron chi connectivity index (χ4n) is 7.28. The average molecular weight is 928 g/mol. The fourth-order valence-corrected chi connectivity index (χ4v) is 7.28. The lowest BCUT2D eigenvalue weighted by atomic mass is 10.0. The highest BCUT2D eigenvalue weighted by Crippen LogP contribution is 2.14. The summed E-state index contributed by atoms with van der Waals surface area (Å²) in [6.07, 6.45) is 56.8. The van der Waals surface area contributed by atoms with Gasteiger partial charge in [-0.25, -0.2) is 0 Å². The number of rotatable bonds is 49. The van der Waals surface area contributed by atoms with Crippen LogP contribution in [0.2, 0.25) is 0 Å². The molecule has 66 heavy (non-hydrogen) atoms. The van der Waals surface area contributed by atoms with Crippen molar-refractivity contribution in [2.45, 2.75) is 238 Å². The van der Waals surface area contributed by atoms with Crippen molar-refractivity contribution in [1.82, 2.24) is 0 Å². The monoisotopic (exact) mass is 928 g/mol. The summed E-state index contributed by atoms with van der Waals surface area (Å²) < 4.78 is 22.6. The standard InChI is InChI=1S/C57H101NO8/c1-6-8-10-12-14-16-18-20-22-24-25-26-27-28-29-30-31-32-34-36-38-40-42-44-46-48-55(60)66-53(52-65-57(56(61)62)63-50-49-58(3,4)5)51-64-54(59)47-45-43-41-39-37-35-33-23-21-19-17-15-13-11-9-7-2/h17-20,23-25,27-28,33,53,57H,6-16,21-22,26,29-32,34-52H2,1-5H3/b19-17-,20-18-,25-24-,28-27-,33-23-. The van der Waals surface area contributed by atoms with E-state index in [1.807, 2.05) is 21.1 Å². The highest BCUT2D eigenvalue weighted by molar-refractivity contribution is 5.70. The van der Waals surface area contributed by atoms with Gasteiger partial charge in [0.1, 0.15) is 13.2 Å². The van der Waals surface area contributed by atoms with Crippen LogP contribution >= 0.6 is 0 Å². The highest BCUT2D eigenvalue weighted by atomic mass is 16.7. The van der Waals surface area contributed by atoms with Crippen LogP contribution in [-0.2, 0) is 33.3 Å². The number of carboxylic acid groups (broad SMARTS) is 1. The maximum absolute atomic E-state index is 12.8. The Labute approximate surface area is 405 Å². The first-order valence-corrected chi connectivity index (χ1v) is 26.9. The number of likely N-dealkylation sites (N-methyl/N-ethyl adjacent to an activating group) is 1. The van der Waals surface area contributed by atoms with Crippen LogP contribution in [0.3, 0.4) is 0 Å². The third kappa shape index (κ3) is 48.9. The molecule has 0 aromatic heterocycles. The number of nitrogens with zero attached hydrogens (tertiary/aromatic N) is 1. The lowest BCUT2D eigenvalue weighted by Crippen LogP contribution is -2.44. The Kier molecular flexibility index (Phi) is 46.2. The molecule has 0 bridgehead atoms. The molecule has 0 heterocycles. The Bertz CT molecular complexity index is 1270. The summed E-state index contributed by atoms with van der Waals surface area (Å²) >= 11 is 0. The van der Waals surface area contributed by atoms with E-state index in [4.69, 9.17) is 18.9 Å². The maximum atomic E-state index is 12.8. The van der Waals surface area contributed by atoms with Crippen LogP contribution in [0.1, 0.15) is 226 Å². The largest absolute Gasteiger partial charge is 0.545 e. The predicted molar refractivity (Wildman–Crippen MR) is 274 cm³/mol. The Hall–Kier alpha value is -3.01. The Morgan fingerprint density at radius 1 is 0.455 bits per heavy atom. The maximum Gasteiger partial charge on any atom is 0.306 e. The number of unbranched alkanes of at least 4 members (excludes halogenated alkanes) is 24. The Morgan fingerprint density at radius 3 is 1.23 bits per heavy atom. The van der Waals surface area contributed by atoms with Crippen LogP contribution in [0.25, 0.3) is 0 Å². The van der Waals surface area contributed by atoms with E-state index < -0.39 is 24.3 Å². The van der Waals surface area contributed by atoms with Crippen LogP contribution in [0, 0.1) is 0 Å². The van der Waals surface area contributed by atoms with Crippen molar-refractivity contribution in [2.24, 2.45) is 0 Å². The van der Waals surface area contributed by atoms with Gasteiger partial charge in [0.15, 0.2) is 12.4 Å². The lowest BCUT2D eigenvalue weighted by molar-refractivity contribution is -0.870. The van der Waals surface area contributed by atoms with Crippen LogP contribution < -0.4 is 5.11 Å². The second kappa shape index (κ2) is 48.4. The molecule has 0 saturated heterocycles. The summed E-state index contributed by atoms with van der Waals surface area (Å²) in [6.45, 7) is 4.70. The quantitative estimate of drug-likeness (QED) is 0.0195. The van der Waals surface area contributed by atoms with Gasteiger partial charge in [0.25, 0.3) is 0 Å². The number of carboxylic acids is 1. The number of hydrogen-bond acceptors (Lipinski definition) is 8. The molecule has 2 atom stereocenters. The number of aliphatic carboxylic acids is 1. The van der Waals surface area contributed by atoms with Gasteiger partial charge in [0.2, 0.25) is 0 Å². The molecule has 0 spiro atoms. The third-order valence-electron chi connectivity index (χ3n) is 11.5. The third-order valence-corrected chi connectivity index (χ3v) is 11.5. The summed E-state index contributed by atoms with van der Waals surface area (Å²) in [5, 5.41) is 11.7. The molecular formula is C57H101NO8. The molecule has 0 saturated carbocycles. The average Bonchev–Trinajstić information content (AvgIpc) is 3.28. The minimum absolute atomic E-state index is 0.142. The van der Waals surface area contributed by atoms with Crippen LogP contribution in [-0.4, -0.2) is 82.3 Å². The molecule has 0 N–H and O–H groups in total. The number of ether oxygens (including phenoxy) is 4. The van der Waals surface area contributed by atoms with Crippen molar-refractivity contribution in [1.29, 1.82) is 0 Å². The number of hydrogen-bond donors (Lipinski definition) is 0. The van der Waals surface area contributed by atoms with Crippen molar-refractivity contribution < 1.29 is 42.9 Å². The van der Waals surface area contributed by atoms with E-state index in [1.54, 1.807) is 0 Å². The van der Waals surface area contributed by atoms with Gasteiger partial charge < -0.3 is 33.3 Å². The SMILES string of the molecule is CCCCCC/C=C\C/C=C\CCCCCCCC(=O)OCC(COC(OCC[N+](C)(C)C)C(=O)[O-])OC(=O)CCCCCCCCCCCC/C=C\C/C=C\C/C=C\CCCCCCC. The van der Waals surface area contributed by atoms with Crippen molar-refractivity contribution in [3.05, 3.63) is 60.8 Å². The van der Waals surface area contributed by atoms with Gasteiger partial charge >= 0.3 is 11.9 Å². The van der Waals surface area contributed by atoms with Gasteiger partial charge in [0, 0.05) is 12.8 Å². The van der Waals surface area contributed by atoms with E-state index in [1.165, 1.54) is 109 Å². The molecule has 0 aliphatic heterocycles. The van der Waals surface area contributed by atoms with E-state index >= 15 is 0 Å². The predicted octanol–water partition coefficient (Wildman–Crippen LogP) is 14.0. The molecule has 0 amide bonds. The van der Waals surface area contributed by atoms with Crippen molar-refractivity contribution >= 4 is 17.9 Å². The molecule has 2 unspecified atom stereocenters. The van der Waals surface area contributed by atoms with Crippen LogP contribution in [0.4, 0.5) is 0 Å². The second-order valence-electron chi connectivity index (χ2n) is 19.2. The minimum Gasteiger partial charge on any atom is -0.545 e. The molecular weight excluding hydrogens is 827 g/mol. The fraction of sp³-hybridized carbons (Fsp3) is 0.772. The highest BCUT2D eigenvalue weighted by Gasteiger charge is 2.22. The molecule has 382 valence electrons. The smallest absolute Gasteiger partial charge is 0.306 e. The molecule has 0 aliphatic carbocycles. The van der Waals surface area contributed by atoms with Gasteiger partial charge in [-0.05, 0) is 83.5 Å².